The molecular weight excluding hydrogens is 296 g/mol. The molecule has 3 heterocycles. The minimum absolute atomic E-state index is 0.341. The van der Waals surface area contributed by atoms with Gasteiger partial charge in [0.25, 0.3) is 0 Å². The predicted octanol–water partition coefficient (Wildman–Crippen LogP) is 3.37. The van der Waals surface area contributed by atoms with Crippen LogP contribution >= 0.6 is 0 Å². The first-order chi connectivity index (χ1) is 11.5. The second-order valence-electron chi connectivity index (χ2n) is 9.55. The highest BCUT2D eigenvalue weighted by atomic mass is 15.2. The van der Waals surface area contributed by atoms with Gasteiger partial charge in [-0.25, -0.2) is 4.99 Å². The van der Waals surface area contributed by atoms with E-state index in [0.717, 1.165) is 12.6 Å². The summed E-state index contributed by atoms with van der Waals surface area (Å²) in [6, 6.07) is 1.21. The molecule has 0 aromatic rings. The van der Waals surface area contributed by atoms with E-state index in [1.54, 1.807) is 6.34 Å². The molecule has 1 aliphatic carbocycles. The lowest BCUT2D eigenvalue weighted by Gasteiger charge is -2.50. The van der Waals surface area contributed by atoms with Crippen molar-refractivity contribution in [2.45, 2.75) is 83.3 Å². The summed E-state index contributed by atoms with van der Waals surface area (Å²) in [7, 11) is 0. The molecule has 4 heteroatoms. The molecule has 4 aliphatic rings. The van der Waals surface area contributed by atoms with Crippen LogP contribution in [-0.2, 0) is 0 Å². The van der Waals surface area contributed by atoms with Crippen molar-refractivity contribution in [3.8, 4) is 0 Å². The van der Waals surface area contributed by atoms with Gasteiger partial charge in [-0.15, -0.1) is 0 Å². The van der Waals surface area contributed by atoms with E-state index in [1.807, 2.05) is 0 Å². The quantitative estimate of drug-likeness (QED) is 0.738. The molecule has 1 spiro atoms. The maximum atomic E-state index is 4.50. The third kappa shape index (κ3) is 3.20. The standard InChI is InChI=1S/C20H34N4/c1-19(2,3)24-12-9-20(10-13-24)7-4-16(5-8-20)23-11-6-17-18(14-23)22-15-21-17/h15-17H,4-14H2,1-3H3. The summed E-state index contributed by atoms with van der Waals surface area (Å²) in [5.41, 5.74) is 2.32. The molecule has 1 saturated carbocycles. The Labute approximate surface area is 147 Å². The number of aliphatic imine (C=N–C) groups is 2. The number of fused-ring (bicyclic) bond motifs is 1. The zero-order valence-electron chi connectivity index (χ0n) is 15.8. The highest BCUT2D eigenvalue weighted by Crippen LogP contribution is 2.46. The summed E-state index contributed by atoms with van der Waals surface area (Å²) in [6.45, 7) is 12.0. The molecule has 4 nitrogen and oxygen atoms in total. The molecule has 2 saturated heterocycles. The van der Waals surface area contributed by atoms with E-state index in [0.29, 0.717) is 17.0 Å². The summed E-state index contributed by atoms with van der Waals surface area (Å²) in [5, 5.41) is 0. The summed E-state index contributed by atoms with van der Waals surface area (Å²) in [6.07, 6.45) is 11.5. The lowest BCUT2D eigenvalue weighted by Crippen LogP contribution is -2.52. The van der Waals surface area contributed by atoms with Gasteiger partial charge < -0.3 is 0 Å². The Balaban J connectivity index is 1.30. The van der Waals surface area contributed by atoms with Gasteiger partial charge in [0.05, 0.1) is 11.8 Å². The average molecular weight is 331 g/mol. The van der Waals surface area contributed by atoms with E-state index >= 15 is 0 Å². The van der Waals surface area contributed by atoms with Crippen LogP contribution in [0.1, 0.15) is 65.7 Å². The molecule has 1 atom stereocenters. The van der Waals surface area contributed by atoms with Crippen LogP contribution in [0, 0.1) is 5.41 Å². The van der Waals surface area contributed by atoms with E-state index in [1.165, 1.54) is 70.3 Å². The highest BCUT2D eigenvalue weighted by molar-refractivity contribution is 6.00. The molecule has 24 heavy (non-hydrogen) atoms. The lowest BCUT2D eigenvalue weighted by atomic mass is 9.66. The van der Waals surface area contributed by atoms with Gasteiger partial charge in [0, 0.05) is 24.7 Å². The number of hydrogen-bond donors (Lipinski definition) is 0. The largest absolute Gasteiger partial charge is 0.298 e. The van der Waals surface area contributed by atoms with Gasteiger partial charge in [-0.3, -0.25) is 14.8 Å². The first-order valence-electron chi connectivity index (χ1n) is 10.0. The van der Waals surface area contributed by atoms with E-state index < -0.39 is 0 Å². The van der Waals surface area contributed by atoms with Crippen molar-refractivity contribution in [3.63, 3.8) is 0 Å². The normalized spacial score (nSPS) is 32.1. The average Bonchev–Trinajstić information content (AvgIpc) is 3.03. The fourth-order valence-corrected chi connectivity index (χ4v) is 5.37. The Morgan fingerprint density at radius 1 is 1.00 bits per heavy atom. The molecule has 134 valence electrons. The van der Waals surface area contributed by atoms with Crippen molar-refractivity contribution in [1.82, 2.24) is 9.80 Å². The van der Waals surface area contributed by atoms with Crippen LogP contribution in [-0.4, -0.2) is 65.7 Å². The van der Waals surface area contributed by atoms with Crippen molar-refractivity contribution in [2.24, 2.45) is 15.4 Å². The van der Waals surface area contributed by atoms with Gasteiger partial charge in [-0.1, -0.05) is 0 Å². The SMILES string of the molecule is CC(C)(C)N1CCC2(CCC(N3CCC4N=CN=C4C3)CC2)CC1. The Kier molecular flexibility index (Phi) is 4.32. The van der Waals surface area contributed by atoms with Gasteiger partial charge in [-0.05, 0) is 84.2 Å². The van der Waals surface area contributed by atoms with Gasteiger partial charge in [0.15, 0.2) is 0 Å². The van der Waals surface area contributed by atoms with Crippen molar-refractivity contribution in [3.05, 3.63) is 0 Å². The van der Waals surface area contributed by atoms with Gasteiger partial charge >= 0.3 is 0 Å². The lowest BCUT2D eigenvalue weighted by molar-refractivity contribution is 0.00419. The summed E-state index contributed by atoms with van der Waals surface area (Å²) < 4.78 is 0. The van der Waals surface area contributed by atoms with Gasteiger partial charge in [-0.2, -0.15) is 0 Å². The third-order valence-corrected chi connectivity index (χ3v) is 7.21. The third-order valence-electron chi connectivity index (χ3n) is 7.21. The molecule has 0 N–H and O–H groups in total. The molecule has 3 aliphatic heterocycles. The maximum absolute atomic E-state index is 4.50. The summed E-state index contributed by atoms with van der Waals surface area (Å²) >= 11 is 0. The zero-order valence-corrected chi connectivity index (χ0v) is 15.8. The molecule has 3 fully saturated rings. The topological polar surface area (TPSA) is 31.2 Å². The number of hydrogen-bond acceptors (Lipinski definition) is 4. The minimum atomic E-state index is 0.341. The van der Waals surface area contributed by atoms with Crippen molar-refractivity contribution in [1.29, 1.82) is 0 Å². The predicted molar refractivity (Wildman–Crippen MR) is 101 cm³/mol. The van der Waals surface area contributed by atoms with E-state index in [4.69, 9.17) is 0 Å². The fourth-order valence-electron chi connectivity index (χ4n) is 5.37. The van der Waals surface area contributed by atoms with Crippen molar-refractivity contribution >= 4 is 12.1 Å². The van der Waals surface area contributed by atoms with E-state index in [2.05, 4.69) is 40.6 Å². The first kappa shape index (κ1) is 16.7. The number of piperidine rings is 2. The molecule has 0 radical (unpaired) electrons. The maximum Gasteiger partial charge on any atom is 0.110 e. The number of rotatable bonds is 1. The van der Waals surface area contributed by atoms with Gasteiger partial charge in [0.1, 0.15) is 6.34 Å². The summed E-state index contributed by atoms with van der Waals surface area (Å²) in [4.78, 5) is 14.4. The number of likely N-dealkylation sites (tertiary alicyclic amines) is 2. The Bertz CT molecular complexity index is 512. The Morgan fingerprint density at radius 3 is 2.38 bits per heavy atom. The summed E-state index contributed by atoms with van der Waals surface area (Å²) in [5.74, 6) is 0. The van der Waals surface area contributed by atoms with E-state index in [9.17, 15) is 0 Å². The first-order valence-corrected chi connectivity index (χ1v) is 10.0. The zero-order chi connectivity index (χ0) is 16.8. The molecule has 0 aromatic heterocycles. The van der Waals surface area contributed by atoms with E-state index in [-0.39, 0.29) is 0 Å². The van der Waals surface area contributed by atoms with Crippen molar-refractivity contribution in [2.75, 3.05) is 26.2 Å². The minimum Gasteiger partial charge on any atom is -0.298 e. The van der Waals surface area contributed by atoms with Crippen LogP contribution in [0.3, 0.4) is 0 Å². The molecule has 0 bridgehead atoms. The molecule has 0 amide bonds. The monoisotopic (exact) mass is 330 g/mol. The van der Waals surface area contributed by atoms with Crippen molar-refractivity contribution < 1.29 is 0 Å². The number of nitrogens with zero attached hydrogens (tertiary/aromatic N) is 4. The van der Waals surface area contributed by atoms with Crippen LogP contribution in [0.15, 0.2) is 9.98 Å². The molecule has 0 aromatic carbocycles. The Morgan fingerprint density at radius 2 is 1.71 bits per heavy atom. The Hall–Kier alpha value is -0.740. The molecule has 4 rings (SSSR count). The van der Waals surface area contributed by atoms with Crippen LogP contribution < -0.4 is 0 Å². The second kappa shape index (κ2) is 6.21. The van der Waals surface area contributed by atoms with Crippen LogP contribution in [0.25, 0.3) is 0 Å². The van der Waals surface area contributed by atoms with Gasteiger partial charge in [0.2, 0.25) is 0 Å². The molecule has 1 unspecified atom stereocenters. The van der Waals surface area contributed by atoms with Crippen LogP contribution in [0.4, 0.5) is 0 Å². The fraction of sp³-hybridized carbons (Fsp3) is 0.900. The van der Waals surface area contributed by atoms with Crippen LogP contribution in [0.2, 0.25) is 0 Å². The smallest absolute Gasteiger partial charge is 0.110 e. The second-order valence-corrected chi connectivity index (χ2v) is 9.55. The van der Waals surface area contributed by atoms with Crippen LogP contribution in [0.5, 0.6) is 0 Å². The molecular formula is C20H34N4. The highest BCUT2D eigenvalue weighted by Gasteiger charge is 2.41.